The van der Waals surface area contributed by atoms with Crippen molar-refractivity contribution in [3.63, 3.8) is 0 Å². The first kappa shape index (κ1) is 18.9. The maximum Gasteiger partial charge on any atom is 0.306 e. The van der Waals surface area contributed by atoms with Crippen LogP contribution in [0.15, 0.2) is 0 Å². The molecule has 20 heavy (non-hydrogen) atoms. The summed E-state index contributed by atoms with van der Waals surface area (Å²) in [6.45, 7) is 8.80. The van der Waals surface area contributed by atoms with E-state index in [1.165, 1.54) is 7.11 Å². The molecule has 0 aliphatic carbocycles. The Balaban J connectivity index is 4.64. The molecule has 0 radical (unpaired) electrons. The summed E-state index contributed by atoms with van der Waals surface area (Å²) in [7, 11) is 2.99. The Labute approximate surface area is 122 Å². The predicted octanol–water partition coefficient (Wildman–Crippen LogP) is 0.755. The van der Waals surface area contributed by atoms with Gasteiger partial charge in [0.25, 0.3) is 0 Å². The van der Waals surface area contributed by atoms with Crippen LogP contribution in [0.4, 0.5) is 0 Å². The smallest absolute Gasteiger partial charge is 0.306 e. The molecule has 0 saturated heterocycles. The van der Waals surface area contributed by atoms with Crippen LogP contribution in [0.3, 0.4) is 0 Å². The number of hydrogen-bond acceptors (Lipinski definition) is 5. The van der Waals surface area contributed by atoms with Crippen molar-refractivity contribution in [2.45, 2.75) is 33.2 Å². The minimum Gasteiger partial charge on any atom is -0.469 e. The highest BCUT2D eigenvalue weighted by Crippen LogP contribution is 2.06. The first-order valence-electron chi connectivity index (χ1n) is 7.10. The van der Waals surface area contributed by atoms with Crippen molar-refractivity contribution in [1.29, 1.82) is 0 Å². The zero-order chi connectivity index (χ0) is 15.5. The van der Waals surface area contributed by atoms with E-state index in [4.69, 9.17) is 4.74 Å². The minimum atomic E-state index is -0.269. The van der Waals surface area contributed by atoms with E-state index < -0.39 is 0 Å². The minimum absolute atomic E-state index is 0.0796. The summed E-state index contributed by atoms with van der Waals surface area (Å²) in [6, 6.07) is -0.269. The average molecular weight is 288 g/mol. The van der Waals surface area contributed by atoms with E-state index >= 15 is 0 Å². The third-order valence-corrected chi connectivity index (χ3v) is 3.39. The molecule has 0 rings (SSSR count). The van der Waals surface area contributed by atoms with Crippen molar-refractivity contribution in [2.24, 2.45) is 0 Å². The molecule has 6 heteroatoms. The zero-order valence-corrected chi connectivity index (χ0v) is 13.3. The number of rotatable bonds is 10. The number of carbonyl (C=O) groups is 2. The number of carbonyl (C=O) groups excluding carboxylic acids is 2. The molecule has 0 aromatic heterocycles. The normalized spacial score (nSPS) is 12.3. The topological polar surface area (TPSA) is 59.1 Å². The first-order valence-corrected chi connectivity index (χ1v) is 7.10. The van der Waals surface area contributed by atoms with Gasteiger partial charge in [0.2, 0.25) is 5.91 Å². The lowest BCUT2D eigenvalue weighted by molar-refractivity contribution is -0.142. The zero-order valence-electron chi connectivity index (χ0n) is 13.3. The molecule has 0 spiro atoms. The van der Waals surface area contributed by atoms with Gasteiger partial charge in [-0.2, -0.15) is 0 Å². The second-order valence-corrected chi connectivity index (χ2v) is 4.54. The fraction of sp³-hybridized carbons (Fsp3) is 0.857. The Bertz CT molecular complexity index is 293. The van der Waals surface area contributed by atoms with Crippen LogP contribution in [0.1, 0.15) is 27.2 Å². The van der Waals surface area contributed by atoms with Crippen LogP contribution in [-0.4, -0.2) is 74.7 Å². The maximum absolute atomic E-state index is 12.4. The second-order valence-electron chi connectivity index (χ2n) is 4.54. The number of esters is 1. The van der Waals surface area contributed by atoms with Gasteiger partial charge in [0.15, 0.2) is 0 Å². The van der Waals surface area contributed by atoms with Crippen LogP contribution >= 0.6 is 0 Å². The van der Waals surface area contributed by atoms with E-state index in [0.29, 0.717) is 32.8 Å². The molecule has 0 aromatic rings. The number of ether oxygens (including phenoxy) is 2. The van der Waals surface area contributed by atoms with Gasteiger partial charge in [-0.15, -0.1) is 0 Å². The van der Waals surface area contributed by atoms with Gasteiger partial charge in [0.05, 0.1) is 26.2 Å². The largest absolute Gasteiger partial charge is 0.469 e. The molecule has 0 aliphatic rings. The molecule has 0 heterocycles. The van der Waals surface area contributed by atoms with Gasteiger partial charge in [-0.25, -0.2) is 0 Å². The number of nitrogens with zero attached hydrogens (tertiary/aromatic N) is 2. The molecule has 1 amide bonds. The van der Waals surface area contributed by atoms with Crippen LogP contribution in [-0.2, 0) is 19.1 Å². The van der Waals surface area contributed by atoms with Gasteiger partial charge in [0, 0.05) is 33.3 Å². The summed E-state index contributed by atoms with van der Waals surface area (Å²) in [5, 5.41) is 0. The molecule has 6 nitrogen and oxygen atoms in total. The summed E-state index contributed by atoms with van der Waals surface area (Å²) in [5.41, 5.74) is 0. The molecule has 118 valence electrons. The Kier molecular flexibility index (Phi) is 10.0. The van der Waals surface area contributed by atoms with Crippen molar-refractivity contribution in [1.82, 2.24) is 9.80 Å². The van der Waals surface area contributed by atoms with E-state index in [1.54, 1.807) is 12.0 Å². The Hall–Kier alpha value is -1.14. The van der Waals surface area contributed by atoms with Crippen molar-refractivity contribution < 1.29 is 19.1 Å². The van der Waals surface area contributed by atoms with Crippen molar-refractivity contribution >= 4 is 11.9 Å². The molecule has 0 bridgehead atoms. The highest BCUT2D eigenvalue weighted by atomic mass is 16.5. The third kappa shape index (κ3) is 6.34. The monoisotopic (exact) mass is 288 g/mol. The Morgan fingerprint density at radius 3 is 2.15 bits per heavy atom. The first-order chi connectivity index (χ1) is 9.51. The number of hydrogen-bond donors (Lipinski definition) is 0. The van der Waals surface area contributed by atoms with E-state index in [1.807, 2.05) is 25.7 Å². The summed E-state index contributed by atoms with van der Waals surface area (Å²) >= 11 is 0. The Morgan fingerprint density at radius 2 is 1.70 bits per heavy atom. The molecule has 1 atom stereocenters. The van der Waals surface area contributed by atoms with E-state index in [-0.39, 0.29) is 24.3 Å². The van der Waals surface area contributed by atoms with Gasteiger partial charge in [-0.05, 0) is 20.8 Å². The lowest BCUT2D eigenvalue weighted by Gasteiger charge is -2.31. The van der Waals surface area contributed by atoms with Crippen LogP contribution in [0.2, 0.25) is 0 Å². The van der Waals surface area contributed by atoms with E-state index in [9.17, 15) is 9.59 Å². The number of amides is 1. The highest BCUT2D eigenvalue weighted by Gasteiger charge is 2.24. The maximum atomic E-state index is 12.4. The van der Waals surface area contributed by atoms with Gasteiger partial charge in [-0.1, -0.05) is 0 Å². The van der Waals surface area contributed by atoms with E-state index in [0.717, 1.165) is 0 Å². The van der Waals surface area contributed by atoms with Crippen LogP contribution < -0.4 is 0 Å². The molecule has 0 N–H and O–H groups in total. The summed E-state index contributed by atoms with van der Waals surface area (Å²) in [4.78, 5) is 27.4. The summed E-state index contributed by atoms with van der Waals surface area (Å²) in [5.74, 6) is -0.189. The standard InChI is InChI=1S/C14H28N2O4/c1-6-15(7-2)14(18)12(3)16(10-11-19-4)9-8-13(17)20-5/h12H,6-11H2,1-5H3. The summed E-state index contributed by atoms with van der Waals surface area (Å²) < 4.78 is 9.71. The van der Waals surface area contributed by atoms with Gasteiger partial charge >= 0.3 is 5.97 Å². The van der Waals surface area contributed by atoms with Crippen LogP contribution in [0.5, 0.6) is 0 Å². The highest BCUT2D eigenvalue weighted by molar-refractivity contribution is 5.81. The predicted molar refractivity (Wildman–Crippen MR) is 77.5 cm³/mol. The number of methoxy groups -OCH3 is 2. The molecule has 0 fully saturated rings. The van der Waals surface area contributed by atoms with Gasteiger partial charge < -0.3 is 14.4 Å². The molecule has 1 unspecified atom stereocenters. The molecule has 0 saturated carbocycles. The fourth-order valence-electron chi connectivity index (χ4n) is 2.00. The van der Waals surface area contributed by atoms with Gasteiger partial charge in [-0.3, -0.25) is 14.5 Å². The van der Waals surface area contributed by atoms with Gasteiger partial charge in [0.1, 0.15) is 0 Å². The average Bonchev–Trinajstić information content (AvgIpc) is 2.47. The lowest BCUT2D eigenvalue weighted by Crippen LogP contribution is -2.48. The molecular formula is C14H28N2O4. The van der Waals surface area contributed by atoms with Crippen molar-refractivity contribution in [2.75, 3.05) is 47.0 Å². The van der Waals surface area contributed by atoms with Crippen molar-refractivity contribution in [3.8, 4) is 0 Å². The van der Waals surface area contributed by atoms with E-state index in [2.05, 4.69) is 4.74 Å². The van der Waals surface area contributed by atoms with Crippen molar-refractivity contribution in [3.05, 3.63) is 0 Å². The second kappa shape index (κ2) is 10.6. The molecule has 0 aromatic carbocycles. The van der Waals surface area contributed by atoms with Crippen LogP contribution in [0.25, 0.3) is 0 Å². The SMILES string of the molecule is CCN(CC)C(=O)C(C)N(CCOC)CCC(=O)OC. The molecular weight excluding hydrogens is 260 g/mol. The lowest BCUT2D eigenvalue weighted by atomic mass is 10.2. The van der Waals surface area contributed by atoms with Crippen LogP contribution in [0, 0.1) is 0 Å². The number of likely N-dealkylation sites (N-methyl/N-ethyl adjacent to an activating group) is 1. The fourth-order valence-corrected chi connectivity index (χ4v) is 2.00. The summed E-state index contributed by atoms with van der Waals surface area (Å²) in [6.07, 6.45) is 0.274. The Morgan fingerprint density at radius 1 is 1.10 bits per heavy atom. The quantitative estimate of drug-likeness (QED) is 0.555. The third-order valence-electron chi connectivity index (χ3n) is 3.39. The molecule has 0 aliphatic heterocycles.